The molecule has 106 valence electrons. The summed E-state index contributed by atoms with van der Waals surface area (Å²) < 4.78 is 33.3. The molecule has 0 aliphatic heterocycles. The summed E-state index contributed by atoms with van der Waals surface area (Å²) in [6, 6.07) is 4.78. The van der Waals surface area contributed by atoms with Crippen LogP contribution in [0.4, 0.5) is 0 Å². The van der Waals surface area contributed by atoms with Gasteiger partial charge in [-0.05, 0) is 53.9 Å². The maximum Gasteiger partial charge on any atom is 0.241 e. The summed E-state index contributed by atoms with van der Waals surface area (Å²) in [4.78, 5) is 0.258. The Balaban J connectivity index is 2.27. The molecule has 0 amide bonds. The van der Waals surface area contributed by atoms with Crippen molar-refractivity contribution in [2.45, 2.75) is 43.0 Å². The molecular formula is C13H18BrNO3S. The van der Waals surface area contributed by atoms with Gasteiger partial charge in [-0.2, -0.15) is 0 Å². The molecule has 1 aliphatic rings. The molecule has 4 nitrogen and oxygen atoms in total. The second kappa shape index (κ2) is 5.42. The van der Waals surface area contributed by atoms with E-state index in [2.05, 4.69) is 20.7 Å². The zero-order valence-corrected chi connectivity index (χ0v) is 13.5. The number of hydrogen-bond acceptors (Lipinski definition) is 3. The molecule has 2 rings (SSSR count). The summed E-state index contributed by atoms with van der Waals surface area (Å²) >= 11 is 3.31. The molecule has 0 unspecified atom stereocenters. The minimum absolute atomic E-state index is 0.258. The molecule has 19 heavy (non-hydrogen) atoms. The van der Waals surface area contributed by atoms with Gasteiger partial charge in [-0.25, -0.2) is 13.1 Å². The van der Waals surface area contributed by atoms with E-state index >= 15 is 0 Å². The van der Waals surface area contributed by atoms with Crippen molar-refractivity contribution in [2.24, 2.45) is 0 Å². The normalized spacial score (nSPS) is 18.5. The number of benzene rings is 1. The molecule has 0 radical (unpaired) electrons. The van der Waals surface area contributed by atoms with Crippen LogP contribution in [0.3, 0.4) is 0 Å². The van der Waals surface area contributed by atoms with Crippen molar-refractivity contribution in [3.8, 4) is 5.75 Å². The van der Waals surface area contributed by atoms with Crippen molar-refractivity contribution >= 4 is 26.0 Å². The van der Waals surface area contributed by atoms with Gasteiger partial charge in [0.15, 0.2) is 0 Å². The molecule has 0 atom stereocenters. The second-order valence-corrected chi connectivity index (χ2v) is 7.71. The highest BCUT2D eigenvalue weighted by Crippen LogP contribution is 2.32. The van der Waals surface area contributed by atoms with Gasteiger partial charge in [0.25, 0.3) is 0 Å². The average Bonchev–Trinajstić information content (AvgIpc) is 2.74. The number of rotatable bonds is 4. The average molecular weight is 348 g/mol. The predicted octanol–water partition coefficient (Wildman–Crippen LogP) is 3.07. The first-order chi connectivity index (χ1) is 8.86. The van der Waals surface area contributed by atoms with E-state index < -0.39 is 10.0 Å². The molecule has 0 saturated heterocycles. The number of nitrogens with one attached hydrogen (secondary N) is 1. The van der Waals surface area contributed by atoms with Crippen LogP contribution in [0.5, 0.6) is 5.75 Å². The lowest BCUT2D eigenvalue weighted by molar-refractivity contribution is 0.411. The first kappa shape index (κ1) is 14.8. The lowest BCUT2D eigenvalue weighted by atomic mass is 10.0. The van der Waals surface area contributed by atoms with Crippen LogP contribution in [-0.2, 0) is 10.0 Å². The Morgan fingerprint density at radius 3 is 2.47 bits per heavy atom. The van der Waals surface area contributed by atoms with Crippen LogP contribution in [0.25, 0.3) is 0 Å². The summed E-state index contributed by atoms with van der Waals surface area (Å²) in [7, 11) is -1.94. The third-order valence-corrected chi connectivity index (χ3v) is 5.78. The van der Waals surface area contributed by atoms with Crippen LogP contribution in [0.1, 0.15) is 32.6 Å². The molecule has 0 aromatic heterocycles. The molecule has 1 fully saturated rings. The molecule has 6 heteroatoms. The molecule has 0 spiro atoms. The molecule has 0 heterocycles. The van der Waals surface area contributed by atoms with Crippen LogP contribution in [-0.4, -0.2) is 21.1 Å². The predicted molar refractivity (Wildman–Crippen MR) is 77.9 cm³/mol. The van der Waals surface area contributed by atoms with Gasteiger partial charge in [0.05, 0.1) is 16.5 Å². The topological polar surface area (TPSA) is 55.4 Å². The summed E-state index contributed by atoms with van der Waals surface area (Å²) in [5.41, 5.74) is -0.314. The van der Waals surface area contributed by atoms with Crippen LogP contribution in [0.2, 0.25) is 0 Å². The van der Waals surface area contributed by atoms with Crippen LogP contribution in [0, 0.1) is 0 Å². The second-order valence-electron chi connectivity index (χ2n) is 5.17. The van der Waals surface area contributed by atoms with Gasteiger partial charge in [-0.1, -0.05) is 12.8 Å². The maximum absolute atomic E-state index is 12.4. The number of ether oxygens (including phenoxy) is 1. The quantitative estimate of drug-likeness (QED) is 0.910. The van der Waals surface area contributed by atoms with Crippen LogP contribution < -0.4 is 9.46 Å². The molecule has 0 bridgehead atoms. The van der Waals surface area contributed by atoms with Gasteiger partial charge in [-0.15, -0.1) is 0 Å². The molecule has 1 aliphatic carbocycles. The Morgan fingerprint density at radius 2 is 1.95 bits per heavy atom. The zero-order chi connectivity index (χ0) is 14.1. The van der Waals surface area contributed by atoms with Gasteiger partial charge in [0.2, 0.25) is 10.0 Å². The van der Waals surface area contributed by atoms with Crippen molar-refractivity contribution in [1.29, 1.82) is 0 Å². The third kappa shape index (κ3) is 3.30. The molecule has 1 N–H and O–H groups in total. The van der Waals surface area contributed by atoms with E-state index in [0.29, 0.717) is 10.2 Å². The van der Waals surface area contributed by atoms with Gasteiger partial charge in [0, 0.05) is 5.54 Å². The number of halogens is 1. The Morgan fingerprint density at radius 1 is 1.32 bits per heavy atom. The molecule has 1 aromatic rings. The standard InChI is InChI=1S/C13H18BrNO3S/c1-13(7-3-4-8-13)15-19(16,17)10-5-6-12(18-2)11(14)9-10/h5-6,9,15H,3-4,7-8H2,1-2H3. The van der Waals surface area contributed by atoms with Crippen molar-refractivity contribution in [3.05, 3.63) is 22.7 Å². The van der Waals surface area contributed by atoms with Gasteiger partial charge < -0.3 is 4.74 Å². The van der Waals surface area contributed by atoms with E-state index in [9.17, 15) is 8.42 Å². The Hall–Kier alpha value is -0.590. The van der Waals surface area contributed by atoms with Crippen LogP contribution >= 0.6 is 15.9 Å². The fourth-order valence-corrected chi connectivity index (χ4v) is 4.64. The first-order valence-electron chi connectivity index (χ1n) is 6.24. The first-order valence-corrected chi connectivity index (χ1v) is 8.51. The lowest BCUT2D eigenvalue weighted by Crippen LogP contribution is -2.43. The van der Waals surface area contributed by atoms with Crippen molar-refractivity contribution in [2.75, 3.05) is 7.11 Å². The summed E-state index contributed by atoms with van der Waals surface area (Å²) in [5.74, 6) is 0.617. The van der Waals surface area contributed by atoms with Gasteiger partial charge in [-0.3, -0.25) is 0 Å². The Kier molecular flexibility index (Phi) is 4.23. The molecule has 1 saturated carbocycles. The minimum atomic E-state index is -3.49. The minimum Gasteiger partial charge on any atom is -0.496 e. The van der Waals surface area contributed by atoms with E-state index in [4.69, 9.17) is 4.74 Å². The Labute approximate surface area is 122 Å². The summed E-state index contributed by atoms with van der Waals surface area (Å²) in [6.07, 6.45) is 3.93. The number of sulfonamides is 1. The highest BCUT2D eigenvalue weighted by Gasteiger charge is 2.33. The van der Waals surface area contributed by atoms with Crippen molar-refractivity contribution < 1.29 is 13.2 Å². The summed E-state index contributed by atoms with van der Waals surface area (Å²) in [6.45, 7) is 1.97. The van der Waals surface area contributed by atoms with E-state index in [1.54, 1.807) is 25.3 Å². The maximum atomic E-state index is 12.4. The largest absolute Gasteiger partial charge is 0.496 e. The zero-order valence-electron chi connectivity index (χ0n) is 11.1. The van der Waals surface area contributed by atoms with E-state index in [0.717, 1.165) is 25.7 Å². The van der Waals surface area contributed by atoms with Crippen molar-refractivity contribution in [3.63, 3.8) is 0 Å². The molecule has 1 aromatic carbocycles. The fraction of sp³-hybridized carbons (Fsp3) is 0.538. The van der Waals surface area contributed by atoms with Gasteiger partial charge >= 0.3 is 0 Å². The Bertz CT molecular complexity index is 565. The van der Waals surface area contributed by atoms with E-state index in [1.165, 1.54) is 0 Å². The van der Waals surface area contributed by atoms with E-state index in [-0.39, 0.29) is 10.4 Å². The molecular weight excluding hydrogens is 330 g/mol. The number of hydrogen-bond donors (Lipinski definition) is 1. The summed E-state index contributed by atoms with van der Waals surface area (Å²) in [5, 5.41) is 0. The highest BCUT2D eigenvalue weighted by atomic mass is 79.9. The monoisotopic (exact) mass is 347 g/mol. The smallest absolute Gasteiger partial charge is 0.241 e. The van der Waals surface area contributed by atoms with Crippen molar-refractivity contribution in [1.82, 2.24) is 4.72 Å². The van der Waals surface area contributed by atoms with E-state index in [1.807, 2.05) is 6.92 Å². The SMILES string of the molecule is COc1ccc(S(=O)(=O)NC2(C)CCCC2)cc1Br. The fourth-order valence-electron chi connectivity index (χ4n) is 2.45. The van der Waals surface area contributed by atoms with Crippen LogP contribution in [0.15, 0.2) is 27.6 Å². The van der Waals surface area contributed by atoms with Gasteiger partial charge in [0.1, 0.15) is 5.75 Å². The number of methoxy groups -OCH3 is 1. The third-order valence-electron chi connectivity index (χ3n) is 3.52. The highest BCUT2D eigenvalue weighted by molar-refractivity contribution is 9.10. The lowest BCUT2D eigenvalue weighted by Gasteiger charge is -2.25.